The van der Waals surface area contributed by atoms with Gasteiger partial charge in [-0.2, -0.15) is 0 Å². The molecule has 1 N–H and O–H groups in total. The Morgan fingerprint density at radius 1 is 1.33 bits per heavy atom. The number of aliphatic hydroxyl groups is 1. The minimum atomic E-state index is -0.391. The van der Waals surface area contributed by atoms with Gasteiger partial charge in [0.1, 0.15) is 0 Å². The van der Waals surface area contributed by atoms with Gasteiger partial charge in [-0.25, -0.2) is 4.98 Å². The predicted octanol–water partition coefficient (Wildman–Crippen LogP) is 4.83. The lowest BCUT2D eigenvalue weighted by atomic mass is 9.82. The fraction of sp³-hybridized carbons (Fsp3) is 0.800. The molecule has 0 radical (unpaired) electrons. The molecule has 0 spiro atoms. The Balaban J connectivity index is 2.66. The molecule has 0 fully saturated rings. The lowest BCUT2D eigenvalue weighted by Gasteiger charge is -2.25. The first-order chi connectivity index (χ1) is 8.53. The summed E-state index contributed by atoms with van der Waals surface area (Å²) in [4.78, 5) is 5.52. The lowest BCUT2D eigenvalue weighted by molar-refractivity contribution is 0.203. The number of nitrogens with zero attached hydrogens (tertiary/aromatic N) is 1. The smallest absolute Gasteiger partial charge is 0.0987 e. The first-order valence-corrected chi connectivity index (χ1v) is 7.99. The molecule has 1 rings (SSSR count). The number of rotatable bonds is 8. The molecular formula is C15H27NOS. The molecular weight excluding hydrogens is 242 g/mol. The third-order valence-electron chi connectivity index (χ3n) is 3.81. The van der Waals surface area contributed by atoms with E-state index in [0.717, 1.165) is 11.3 Å². The highest BCUT2D eigenvalue weighted by atomic mass is 32.1. The SMILES string of the molecule is CCCCCCC(C)(CC)c1ncc(C(C)O)s1. The van der Waals surface area contributed by atoms with Gasteiger partial charge in [-0.1, -0.05) is 46.5 Å². The summed E-state index contributed by atoms with van der Waals surface area (Å²) < 4.78 is 0. The Morgan fingerprint density at radius 2 is 2.06 bits per heavy atom. The van der Waals surface area contributed by atoms with Crippen LogP contribution in [0.15, 0.2) is 6.20 Å². The molecule has 2 unspecified atom stereocenters. The fourth-order valence-electron chi connectivity index (χ4n) is 2.14. The number of aromatic nitrogens is 1. The maximum Gasteiger partial charge on any atom is 0.0987 e. The zero-order chi connectivity index (χ0) is 13.6. The molecule has 0 saturated heterocycles. The van der Waals surface area contributed by atoms with E-state index in [-0.39, 0.29) is 5.41 Å². The van der Waals surface area contributed by atoms with Crippen LogP contribution < -0.4 is 0 Å². The number of hydrogen-bond donors (Lipinski definition) is 1. The Bertz CT molecular complexity index is 348. The van der Waals surface area contributed by atoms with Gasteiger partial charge in [0.05, 0.1) is 16.0 Å². The molecule has 0 aliphatic rings. The molecule has 0 amide bonds. The summed E-state index contributed by atoms with van der Waals surface area (Å²) >= 11 is 1.68. The predicted molar refractivity (Wildman–Crippen MR) is 79.1 cm³/mol. The molecule has 0 aromatic carbocycles. The van der Waals surface area contributed by atoms with Crippen LogP contribution in [0.2, 0.25) is 0 Å². The third-order valence-corrected chi connectivity index (χ3v) is 5.29. The van der Waals surface area contributed by atoms with E-state index in [9.17, 15) is 5.11 Å². The van der Waals surface area contributed by atoms with E-state index < -0.39 is 6.10 Å². The summed E-state index contributed by atoms with van der Waals surface area (Å²) in [6, 6.07) is 0. The highest BCUT2D eigenvalue weighted by Gasteiger charge is 2.27. The molecule has 0 aliphatic heterocycles. The van der Waals surface area contributed by atoms with Crippen molar-refractivity contribution < 1.29 is 5.11 Å². The Hall–Kier alpha value is -0.410. The highest BCUT2D eigenvalue weighted by Crippen LogP contribution is 2.37. The van der Waals surface area contributed by atoms with Gasteiger partial charge in [0.25, 0.3) is 0 Å². The monoisotopic (exact) mass is 269 g/mol. The maximum atomic E-state index is 9.59. The van der Waals surface area contributed by atoms with Gasteiger partial charge >= 0.3 is 0 Å². The Labute approximate surface area is 115 Å². The summed E-state index contributed by atoms with van der Waals surface area (Å²) in [5.74, 6) is 0. The first-order valence-electron chi connectivity index (χ1n) is 7.17. The summed E-state index contributed by atoms with van der Waals surface area (Å²) in [5.41, 5.74) is 0.186. The second-order valence-corrected chi connectivity index (χ2v) is 6.53. The van der Waals surface area contributed by atoms with Gasteiger partial charge < -0.3 is 5.11 Å². The molecule has 0 aliphatic carbocycles. The molecule has 0 saturated carbocycles. The minimum absolute atomic E-state index is 0.186. The summed E-state index contributed by atoms with van der Waals surface area (Å²) in [6.07, 6.45) is 8.98. The number of thiazole rings is 1. The van der Waals surface area contributed by atoms with Crippen molar-refractivity contribution in [2.75, 3.05) is 0 Å². The average molecular weight is 269 g/mol. The molecule has 0 bridgehead atoms. The van der Waals surface area contributed by atoms with Gasteiger partial charge in [-0.3, -0.25) is 0 Å². The van der Waals surface area contributed by atoms with E-state index in [1.165, 1.54) is 37.1 Å². The van der Waals surface area contributed by atoms with E-state index in [1.54, 1.807) is 11.3 Å². The zero-order valence-electron chi connectivity index (χ0n) is 12.2. The van der Waals surface area contributed by atoms with Crippen molar-refractivity contribution in [3.63, 3.8) is 0 Å². The molecule has 2 nitrogen and oxygen atoms in total. The van der Waals surface area contributed by atoms with Gasteiger partial charge in [-0.05, 0) is 19.8 Å². The third kappa shape index (κ3) is 4.06. The van der Waals surface area contributed by atoms with E-state index >= 15 is 0 Å². The van der Waals surface area contributed by atoms with E-state index in [4.69, 9.17) is 0 Å². The van der Waals surface area contributed by atoms with Crippen molar-refractivity contribution in [1.82, 2.24) is 4.98 Å². The van der Waals surface area contributed by atoms with Crippen molar-refractivity contribution in [2.24, 2.45) is 0 Å². The van der Waals surface area contributed by atoms with Gasteiger partial charge in [-0.15, -0.1) is 11.3 Å². The van der Waals surface area contributed by atoms with Crippen LogP contribution in [0.5, 0.6) is 0 Å². The Morgan fingerprint density at radius 3 is 2.56 bits per heavy atom. The summed E-state index contributed by atoms with van der Waals surface area (Å²) in [7, 11) is 0. The topological polar surface area (TPSA) is 33.1 Å². The van der Waals surface area contributed by atoms with Crippen molar-refractivity contribution in [2.45, 2.75) is 77.7 Å². The van der Waals surface area contributed by atoms with Crippen LogP contribution in [-0.4, -0.2) is 10.1 Å². The molecule has 18 heavy (non-hydrogen) atoms. The molecule has 3 heteroatoms. The first kappa shape index (κ1) is 15.6. The van der Waals surface area contributed by atoms with Gasteiger partial charge in [0.2, 0.25) is 0 Å². The van der Waals surface area contributed by atoms with Gasteiger partial charge in [0.15, 0.2) is 0 Å². The summed E-state index contributed by atoms with van der Waals surface area (Å²) in [6.45, 7) is 8.60. The van der Waals surface area contributed by atoms with Crippen LogP contribution in [0.3, 0.4) is 0 Å². The van der Waals surface area contributed by atoms with Crippen LogP contribution in [-0.2, 0) is 5.41 Å². The fourth-order valence-corrected chi connectivity index (χ4v) is 3.23. The standard InChI is InChI=1S/C15H27NOS/c1-5-7-8-9-10-15(4,6-2)14-16-11-13(18-14)12(3)17/h11-12,17H,5-10H2,1-4H3. The van der Waals surface area contributed by atoms with Crippen molar-refractivity contribution in [1.29, 1.82) is 0 Å². The second kappa shape index (κ2) is 7.25. The zero-order valence-corrected chi connectivity index (χ0v) is 13.0. The maximum absolute atomic E-state index is 9.59. The molecule has 104 valence electrons. The summed E-state index contributed by atoms with van der Waals surface area (Å²) in [5, 5.41) is 10.8. The van der Waals surface area contributed by atoms with Crippen molar-refractivity contribution in [3.8, 4) is 0 Å². The highest BCUT2D eigenvalue weighted by molar-refractivity contribution is 7.11. The van der Waals surface area contributed by atoms with Crippen LogP contribution in [0.4, 0.5) is 0 Å². The van der Waals surface area contributed by atoms with Crippen LogP contribution in [0.1, 0.15) is 82.2 Å². The lowest BCUT2D eigenvalue weighted by Crippen LogP contribution is -2.20. The van der Waals surface area contributed by atoms with Crippen molar-refractivity contribution in [3.05, 3.63) is 16.1 Å². The van der Waals surface area contributed by atoms with E-state index in [1.807, 2.05) is 13.1 Å². The second-order valence-electron chi connectivity index (χ2n) is 5.47. The molecule has 1 heterocycles. The number of aliphatic hydroxyl groups excluding tert-OH is 1. The minimum Gasteiger partial charge on any atom is -0.388 e. The van der Waals surface area contributed by atoms with Gasteiger partial charge in [0, 0.05) is 11.6 Å². The van der Waals surface area contributed by atoms with E-state index in [2.05, 4.69) is 25.8 Å². The van der Waals surface area contributed by atoms with Crippen LogP contribution in [0.25, 0.3) is 0 Å². The number of hydrogen-bond acceptors (Lipinski definition) is 3. The molecule has 2 atom stereocenters. The average Bonchev–Trinajstić information content (AvgIpc) is 2.84. The largest absolute Gasteiger partial charge is 0.388 e. The normalized spacial score (nSPS) is 16.5. The van der Waals surface area contributed by atoms with Crippen molar-refractivity contribution >= 4 is 11.3 Å². The molecule has 1 aromatic heterocycles. The van der Waals surface area contributed by atoms with Crippen LogP contribution >= 0.6 is 11.3 Å². The van der Waals surface area contributed by atoms with E-state index in [0.29, 0.717) is 0 Å². The molecule has 1 aromatic rings. The quantitative estimate of drug-likeness (QED) is 0.685. The van der Waals surface area contributed by atoms with Crippen LogP contribution in [0, 0.1) is 0 Å². The Kier molecular flexibility index (Phi) is 6.30. The number of unbranched alkanes of at least 4 members (excludes halogenated alkanes) is 3.